The van der Waals surface area contributed by atoms with Gasteiger partial charge < -0.3 is 9.84 Å². The lowest BCUT2D eigenvalue weighted by Crippen LogP contribution is -2.44. The summed E-state index contributed by atoms with van der Waals surface area (Å²) in [6, 6.07) is 0.267. The van der Waals surface area contributed by atoms with Crippen LogP contribution in [0.2, 0.25) is 0 Å². The third kappa shape index (κ3) is 2.38. The second-order valence-corrected chi connectivity index (χ2v) is 4.92. The lowest BCUT2D eigenvalue weighted by Gasteiger charge is -2.35. The molecule has 92 valence electrons. The van der Waals surface area contributed by atoms with Gasteiger partial charge in [0.2, 0.25) is 0 Å². The van der Waals surface area contributed by atoms with Gasteiger partial charge in [-0.3, -0.25) is 9.69 Å². The molecule has 0 spiro atoms. The first-order valence-electron chi connectivity index (χ1n) is 6.22. The Morgan fingerprint density at radius 2 is 2.06 bits per heavy atom. The average molecular weight is 227 g/mol. The zero-order valence-electron chi connectivity index (χ0n) is 9.89. The first-order valence-corrected chi connectivity index (χ1v) is 6.22. The van der Waals surface area contributed by atoms with E-state index in [1.54, 1.807) is 0 Å². The first-order chi connectivity index (χ1) is 7.72. The molecule has 0 radical (unpaired) electrons. The second-order valence-electron chi connectivity index (χ2n) is 4.92. The summed E-state index contributed by atoms with van der Waals surface area (Å²) in [6.45, 7) is 1.68. The smallest absolute Gasteiger partial charge is 0.310 e. The van der Waals surface area contributed by atoms with Crippen LogP contribution in [0.15, 0.2) is 0 Å². The number of carbonyl (C=O) groups excluding carboxylic acids is 1. The van der Waals surface area contributed by atoms with Crippen LogP contribution in [0.3, 0.4) is 0 Å². The van der Waals surface area contributed by atoms with Gasteiger partial charge in [-0.25, -0.2) is 0 Å². The van der Waals surface area contributed by atoms with Crippen LogP contribution in [0.1, 0.15) is 32.1 Å². The van der Waals surface area contributed by atoms with Gasteiger partial charge in [-0.1, -0.05) is 12.8 Å². The number of likely N-dealkylation sites (tertiary alicyclic amines) is 1. The van der Waals surface area contributed by atoms with E-state index >= 15 is 0 Å². The Balaban J connectivity index is 1.89. The van der Waals surface area contributed by atoms with Gasteiger partial charge in [-0.15, -0.1) is 0 Å². The second kappa shape index (κ2) is 5.15. The highest BCUT2D eigenvalue weighted by Gasteiger charge is 2.36. The molecular weight excluding hydrogens is 206 g/mol. The van der Waals surface area contributed by atoms with Gasteiger partial charge in [0.1, 0.15) is 0 Å². The van der Waals surface area contributed by atoms with Crippen molar-refractivity contribution < 1.29 is 14.6 Å². The highest BCUT2D eigenvalue weighted by atomic mass is 16.5. The predicted octanol–water partition coefficient (Wildman–Crippen LogP) is 0.785. The molecular formula is C12H21NO3. The molecule has 1 saturated carbocycles. The van der Waals surface area contributed by atoms with Crippen molar-refractivity contribution in [3.8, 4) is 0 Å². The summed E-state index contributed by atoms with van der Waals surface area (Å²) < 4.78 is 4.77. The summed E-state index contributed by atoms with van der Waals surface area (Å²) in [6.07, 6.45) is 4.97. The molecule has 0 aromatic rings. The lowest BCUT2D eigenvalue weighted by molar-refractivity contribution is -0.145. The molecule has 3 unspecified atom stereocenters. The molecule has 1 heterocycles. The van der Waals surface area contributed by atoms with Gasteiger partial charge in [0.05, 0.1) is 19.1 Å². The van der Waals surface area contributed by atoms with E-state index in [1.807, 2.05) is 0 Å². The largest absolute Gasteiger partial charge is 0.469 e. The van der Waals surface area contributed by atoms with Crippen LogP contribution >= 0.6 is 0 Å². The highest BCUT2D eigenvalue weighted by Crippen LogP contribution is 2.28. The minimum atomic E-state index is -0.204. The number of carbonyl (C=O) groups is 1. The quantitative estimate of drug-likeness (QED) is 0.708. The minimum Gasteiger partial charge on any atom is -0.469 e. The molecule has 3 atom stereocenters. The van der Waals surface area contributed by atoms with Crippen LogP contribution in [0.5, 0.6) is 0 Å². The number of aliphatic hydroxyl groups excluding tert-OH is 1. The molecule has 16 heavy (non-hydrogen) atoms. The Hall–Kier alpha value is -0.610. The molecule has 0 aromatic carbocycles. The molecule has 2 rings (SSSR count). The van der Waals surface area contributed by atoms with Crippen molar-refractivity contribution in [1.29, 1.82) is 0 Å². The molecule has 0 aromatic heterocycles. The number of nitrogens with zero attached hydrogens (tertiary/aromatic N) is 1. The Morgan fingerprint density at radius 1 is 1.31 bits per heavy atom. The monoisotopic (exact) mass is 227 g/mol. The van der Waals surface area contributed by atoms with E-state index in [0.29, 0.717) is 0 Å². The van der Waals surface area contributed by atoms with Gasteiger partial charge >= 0.3 is 5.97 Å². The maximum absolute atomic E-state index is 11.4. The molecule has 2 aliphatic rings. The van der Waals surface area contributed by atoms with Crippen LogP contribution < -0.4 is 0 Å². The van der Waals surface area contributed by atoms with Gasteiger partial charge in [0.15, 0.2) is 0 Å². The maximum Gasteiger partial charge on any atom is 0.310 e. The molecule has 0 amide bonds. The standard InChI is InChI=1S/C12H21NO3/c1-16-12(15)9-6-7-13(8-9)10-4-2-3-5-11(10)14/h9-11,14H,2-8H2,1H3. The van der Waals surface area contributed by atoms with Gasteiger partial charge in [-0.05, 0) is 25.8 Å². The number of methoxy groups -OCH3 is 1. The van der Waals surface area contributed by atoms with Crippen molar-refractivity contribution in [2.24, 2.45) is 5.92 Å². The number of hydrogen-bond donors (Lipinski definition) is 1. The molecule has 0 bridgehead atoms. The van der Waals surface area contributed by atoms with Gasteiger partial charge in [0, 0.05) is 12.6 Å². The van der Waals surface area contributed by atoms with E-state index in [9.17, 15) is 9.90 Å². The minimum absolute atomic E-state index is 0.0131. The van der Waals surface area contributed by atoms with Crippen LogP contribution in [-0.2, 0) is 9.53 Å². The summed E-state index contributed by atoms with van der Waals surface area (Å²) >= 11 is 0. The van der Waals surface area contributed by atoms with E-state index in [2.05, 4.69) is 4.90 Å². The number of hydrogen-bond acceptors (Lipinski definition) is 4. The molecule has 1 N–H and O–H groups in total. The van der Waals surface area contributed by atoms with Crippen molar-refractivity contribution >= 4 is 5.97 Å². The lowest BCUT2D eigenvalue weighted by atomic mass is 9.91. The number of rotatable bonds is 2. The van der Waals surface area contributed by atoms with Crippen molar-refractivity contribution in [3.05, 3.63) is 0 Å². The molecule has 1 saturated heterocycles. The molecule has 2 fully saturated rings. The number of ether oxygens (including phenoxy) is 1. The highest BCUT2D eigenvalue weighted by molar-refractivity contribution is 5.72. The normalized spacial score (nSPS) is 36.2. The fourth-order valence-corrected chi connectivity index (χ4v) is 2.97. The molecule has 4 heteroatoms. The number of esters is 1. The average Bonchev–Trinajstić information content (AvgIpc) is 2.78. The zero-order valence-corrected chi connectivity index (χ0v) is 9.89. The van der Waals surface area contributed by atoms with Gasteiger partial charge in [-0.2, -0.15) is 0 Å². The summed E-state index contributed by atoms with van der Waals surface area (Å²) in [5.74, 6) is -0.0908. The predicted molar refractivity (Wildman–Crippen MR) is 60.0 cm³/mol. The summed E-state index contributed by atoms with van der Waals surface area (Å²) in [4.78, 5) is 13.7. The van der Waals surface area contributed by atoms with Crippen LogP contribution in [-0.4, -0.2) is 48.3 Å². The molecule has 4 nitrogen and oxygen atoms in total. The van der Waals surface area contributed by atoms with Crippen LogP contribution in [0.4, 0.5) is 0 Å². The van der Waals surface area contributed by atoms with E-state index < -0.39 is 0 Å². The Bertz CT molecular complexity index is 257. The van der Waals surface area contributed by atoms with E-state index in [1.165, 1.54) is 13.5 Å². The van der Waals surface area contributed by atoms with E-state index in [4.69, 9.17) is 4.74 Å². The van der Waals surface area contributed by atoms with Crippen molar-refractivity contribution in [1.82, 2.24) is 4.90 Å². The van der Waals surface area contributed by atoms with Crippen molar-refractivity contribution in [3.63, 3.8) is 0 Å². The third-order valence-electron chi connectivity index (χ3n) is 3.92. The van der Waals surface area contributed by atoms with Crippen molar-refractivity contribution in [2.45, 2.75) is 44.2 Å². The fraction of sp³-hybridized carbons (Fsp3) is 0.917. The first kappa shape index (κ1) is 11.9. The number of aliphatic hydroxyl groups is 1. The Morgan fingerprint density at radius 3 is 2.75 bits per heavy atom. The third-order valence-corrected chi connectivity index (χ3v) is 3.92. The topological polar surface area (TPSA) is 49.8 Å². The van der Waals surface area contributed by atoms with E-state index in [-0.39, 0.29) is 24.0 Å². The molecule has 1 aliphatic carbocycles. The summed E-state index contributed by atoms with van der Waals surface area (Å²) in [5, 5.41) is 9.95. The summed E-state index contributed by atoms with van der Waals surface area (Å²) in [7, 11) is 1.44. The van der Waals surface area contributed by atoms with Crippen LogP contribution in [0.25, 0.3) is 0 Å². The van der Waals surface area contributed by atoms with Gasteiger partial charge in [0.25, 0.3) is 0 Å². The fourth-order valence-electron chi connectivity index (χ4n) is 2.97. The van der Waals surface area contributed by atoms with Crippen molar-refractivity contribution in [2.75, 3.05) is 20.2 Å². The van der Waals surface area contributed by atoms with Crippen LogP contribution in [0, 0.1) is 5.92 Å². The maximum atomic E-state index is 11.4. The van der Waals surface area contributed by atoms with E-state index in [0.717, 1.165) is 38.8 Å². The Kier molecular flexibility index (Phi) is 3.82. The SMILES string of the molecule is COC(=O)C1CCN(C2CCCCC2O)C1. The summed E-state index contributed by atoms with van der Waals surface area (Å²) in [5.41, 5.74) is 0. The Labute approximate surface area is 96.6 Å². The zero-order chi connectivity index (χ0) is 11.5. The molecule has 1 aliphatic heterocycles.